The highest BCUT2D eigenvalue weighted by molar-refractivity contribution is 7.85. The molecule has 2 atom stereocenters. The average Bonchev–Trinajstić information content (AvgIpc) is 3.09. The highest BCUT2D eigenvalue weighted by Crippen LogP contribution is 2.49. The van der Waals surface area contributed by atoms with Gasteiger partial charge in [-0.05, 0) is 37.5 Å². The summed E-state index contributed by atoms with van der Waals surface area (Å²) in [6, 6.07) is 0. The van der Waals surface area contributed by atoms with E-state index in [2.05, 4.69) is 0 Å². The molecule has 1 aliphatic carbocycles. The van der Waals surface area contributed by atoms with E-state index >= 15 is 0 Å². The molecule has 0 N–H and O–H groups in total. The number of carbonyl (C=O) groups is 1. The van der Waals surface area contributed by atoms with Crippen molar-refractivity contribution in [2.45, 2.75) is 44.6 Å². The Kier molecular flexibility index (Phi) is 4.78. The molecule has 1 saturated heterocycles. The van der Waals surface area contributed by atoms with Crippen LogP contribution in [0.15, 0.2) is 0 Å². The fraction of sp³-hybridized carbons (Fsp3) is 0.923. The van der Waals surface area contributed by atoms with Crippen molar-refractivity contribution in [1.82, 2.24) is 0 Å². The summed E-state index contributed by atoms with van der Waals surface area (Å²) in [6.45, 7) is 0.801. The van der Waals surface area contributed by atoms with Gasteiger partial charge in [0, 0.05) is 28.9 Å². The standard InChI is InChI=1S/C13H22O4S/c1-16-12(14)8-13(5-6-13)10-18(15)9-11-4-2-3-7-17-11/h11H,2-10H2,1H3. The molecule has 2 aliphatic rings. The molecule has 2 rings (SSSR count). The van der Waals surface area contributed by atoms with Crippen LogP contribution in [-0.2, 0) is 25.1 Å². The number of esters is 1. The minimum atomic E-state index is -0.876. The molecular weight excluding hydrogens is 252 g/mol. The molecule has 1 heterocycles. The Balaban J connectivity index is 1.74. The molecule has 1 aliphatic heterocycles. The summed E-state index contributed by atoms with van der Waals surface area (Å²) in [5, 5.41) is 0. The Hall–Kier alpha value is -0.420. The van der Waals surface area contributed by atoms with Crippen molar-refractivity contribution in [2.75, 3.05) is 25.2 Å². The number of hydrogen-bond acceptors (Lipinski definition) is 4. The van der Waals surface area contributed by atoms with Crippen LogP contribution in [0.1, 0.15) is 38.5 Å². The Labute approximate surface area is 111 Å². The van der Waals surface area contributed by atoms with Crippen molar-refractivity contribution in [1.29, 1.82) is 0 Å². The Bertz CT molecular complexity index is 319. The largest absolute Gasteiger partial charge is 0.469 e. The van der Waals surface area contributed by atoms with Gasteiger partial charge >= 0.3 is 5.97 Å². The zero-order chi connectivity index (χ0) is 13.0. The topological polar surface area (TPSA) is 52.6 Å². The molecule has 5 heteroatoms. The first kappa shape index (κ1) is 14.0. The number of carbonyl (C=O) groups excluding carboxylic acids is 1. The van der Waals surface area contributed by atoms with E-state index < -0.39 is 10.8 Å². The number of methoxy groups -OCH3 is 1. The monoisotopic (exact) mass is 274 g/mol. The van der Waals surface area contributed by atoms with E-state index in [0.29, 0.717) is 17.9 Å². The van der Waals surface area contributed by atoms with Crippen LogP contribution < -0.4 is 0 Å². The minimum Gasteiger partial charge on any atom is -0.469 e. The third-order valence-electron chi connectivity index (χ3n) is 3.82. The minimum absolute atomic E-state index is 0.0351. The summed E-state index contributed by atoms with van der Waals surface area (Å²) < 4.78 is 22.4. The van der Waals surface area contributed by atoms with Crippen molar-refractivity contribution in [2.24, 2.45) is 5.41 Å². The molecule has 0 aromatic carbocycles. The van der Waals surface area contributed by atoms with Gasteiger partial charge in [-0.25, -0.2) is 0 Å². The first-order chi connectivity index (χ1) is 8.63. The summed E-state index contributed by atoms with van der Waals surface area (Å²) in [7, 11) is 0.532. The van der Waals surface area contributed by atoms with Crippen molar-refractivity contribution < 1.29 is 18.5 Å². The Morgan fingerprint density at radius 3 is 2.78 bits per heavy atom. The molecule has 104 valence electrons. The second kappa shape index (κ2) is 6.15. The number of hydrogen-bond donors (Lipinski definition) is 0. The van der Waals surface area contributed by atoms with Crippen LogP contribution in [0.4, 0.5) is 0 Å². The van der Waals surface area contributed by atoms with Crippen LogP contribution in [0.5, 0.6) is 0 Å². The molecule has 0 radical (unpaired) electrons. The summed E-state index contributed by atoms with van der Waals surface area (Å²) in [4.78, 5) is 11.3. The van der Waals surface area contributed by atoms with Crippen molar-refractivity contribution in [3.05, 3.63) is 0 Å². The average molecular weight is 274 g/mol. The first-order valence-corrected chi connectivity index (χ1v) is 8.16. The van der Waals surface area contributed by atoms with Gasteiger partial charge in [-0.3, -0.25) is 9.00 Å². The lowest BCUT2D eigenvalue weighted by Gasteiger charge is -2.23. The zero-order valence-corrected chi connectivity index (χ0v) is 11.8. The van der Waals surface area contributed by atoms with Crippen LogP contribution in [0.2, 0.25) is 0 Å². The van der Waals surface area contributed by atoms with E-state index in [9.17, 15) is 9.00 Å². The van der Waals surface area contributed by atoms with Gasteiger partial charge in [-0.1, -0.05) is 0 Å². The third-order valence-corrected chi connectivity index (χ3v) is 5.49. The molecule has 0 spiro atoms. The molecule has 4 nitrogen and oxygen atoms in total. The lowest BCUT2D eigenvalue weighted by Crippen LogP contribution is -2.28. The quantitative estimate of drug-likeness (QED) is 0.691. The fourth-order valence-corrected chi connectivity index (χ4v) is 4.34. The van der Waals surface area contributed by atoms with Crippen LogP contribution in [-0.4, -0.2) is 41.5 Å². The van der Waals surface area contributed by atoms with E-state index in [4.69, 9.17) is 9.47 Å². The maximum Gasteiger partial charge on any atom is 0.306 e. The second-order valence-electron chi connectivity index (χ2n) is 5.49. The van der Waals surface area contributed by atoms with Gasteiger partial charge in [0.15, 0.2) is 0 Å². The number of rotatable bonds is 6. The predicted octanol–water partition coefficient (Wildman–Crippen LogP) is 1.65. The number of ether oxygens (including phenoxy) is 2. The van der Waals surface area contributed by atoms with Gasteiger partial charge in [-0.15, -0.1) is 0 Å². The third kappa shape index (κ3) is 4.05. The SMILES string of the molecule is COC(=O)CC1(CS(=O)CC2CCCCO2)CC1. The molecule has 2 fully saturated rings. The van der Waals surface area contributed by atoms with Crippen LogP contribution in [0, 0.1) is 5.41 Å². The smallest absolute Gasteiger partial charge is 0.306 e. The van der Waals surface area contributed by atoms with E-state index in [0.717, 1.165) is 32.3 Å². The van der Waals surface area contributed by atoms with Crippen LogP contribution in [0.25, 0.3) is 0 Å². The summed E-state index contributed by atoms with van der Waals surface area (Å²) >= 11 is 0. The molecule has 0 aromatic rings. The van der Waals surface area contributed by atoms with Gasteiger partial charge in [0.2, 0.25) is 0 Å². The van der Waals surface area contributed by atoms with E-state index in [1.165, 1.54) is 13.5 Å². The summed E-state index contributed by atoms with van der Waals surface area (Å²) in [5.41, 5.74) is -0.0351. The van der Waals surface area contributed by atoms with Gasteiger partial charge in [0.1, 0.15) is 0 Å². The van der Waals surface area contributed by atoms with E-state index in [-0.39, 0.29) is 17.5 Å². The second-order valence-corrected chi connectivity index (χ2v) is 6.99. The van der Waals surface area contributed by atoms with Crippen LogP contribution >= 0.6 is 0 Å². The highest BCUT2D eigenvalue weighted by atomic mass is 32.2. The van der Waals surface area contributed by atoms with Gasteiger partial charge in [0.05, 0.1) is 19.6 Å². The molecule has 18 heavy (non-hydrogen) atoms. The first-order valence-electron chi connectivity index (χ1n) is 6.67. The lowest BCUT2D eigenvalue weighted by atomic mass is 10.1. The maximum atomic E-state index is 12.1. The van der Waals surface area contributed by atoms with Crippen molar-refractivity contribution in [3.63, 3.8) is 0 Å². The summed E-state index contributed by atoms with van der Waals surface area (Å²) in [6.07, 6.45) is 5.90. The summed E-state index contributed by atoms with van der Waals surface area (Å²) in [5.74, 6) is 1.07. The predicted molar refractivity (Wildman–Crippen MR) is 69.8 cm³/mol. The van der Waals surface area contributed by atoms with E-state index in [1.54, 1.807) is 0 Å². The Morgan fingerprint density at radius 1 is 1.44 bits per heavy atom. The lowest BCUT2D eigenvalue weighted by molar-refractivity contribution is -0.141. The van der Waals surface area contributed by atoms with E-state index in [1.807, 2.05) is 0 Å². The normalized spacial score (nSPS) is 27.5. The highest BCUT2D eigenvalue weighted by Gasteiger charge is 2.46. The molecule has 0 amide bonds. The van der Waals surface area contributed by atoms with Crippen molar-refractivity contribution in [3.8, 4) is 0 Å². The molecule has 0 aromatic heterocycles. The van der Waals surface area contributed by atoms with Gasteiger partial charge in [-0.2, -0.15) is 0 Å². The van der Waals surface area contributed by atoms with Gasteiger partial charge in [0.25, 0.3) is 0 Å². The molecular formula is C13H22O4S. The zero-order valence-electron chi connectivity index (χ0n) is 11.0. The van der Waals surface area contributed by atoms with Gasteiger partial charge < -0.3 is 9.47 Å². The molecule has 2 unspecified atom stereocenters. The molecule has 0 bridgehead atoms. The van der Waals surface area contributed by atoms with Crippen molar-refractivity contribution >= 4 is 16.8 Å². The molecule has 1 saturated carbocycles. The van der Waals surface area contributed by atoms with Crippen LogP contribution in [0.3, 0.4) is 0 Å². The fourth-order valence-electron chi connectivity index (χ4n) is 2.47. The maximum absolute atomic E-state index is 12.1. The Morgan fingerprint density at radius 2 is 2.22 bits per heavy atom.